The van der Waals surface area contributed by atoms with E-state index in [2.05, 4.69) is 28.3 Å². The molecule has 0 aliphatic carbocycles. The first-order valence-corrected chi connectivity index (χ1v) is 10.8. The minimum Gasteiger partial charge on any atom is -0.497 e. The number of carbonyl (C=O) groups excluding carboxylic acids is 1. The van der Waals surface area contributed by atoms with E-state index in [0.29, 0.717) is 31.1 Å². The second-order valence-electron chi connectivity index (χ2n) is 8.03. The lowest BCUT2D eigenvalue weighted by molar-refractivity contribution is -0.132. The summed E-state index contributed by atoms with van der Waals surface area (Å²) in [4.78, 5) is 23.5. The van der Waals surface area contributed by atoms with E-state index in [0.717, 1.165) is 42.8 Å². The minimum absolute atomic E-state index is 0.134. The van der Waals surface area contributed by atoms with E-state index < -0.39 is 0 Å². The Kier molecular flexibility index (Phi) is 6.60. The van der Waals surface area contributed by atoms with Crippen LogP contribution in [0.15, 0.2) is 47.1 Å². The second kappa shape index (κ2) is 9.73. The van der Waals surface area contributed by atoms with Gasteiger partial charge in [0.25, 0.3) is 0 Å². The summed E-state index contributed by atoms with van der Waals surface area (Å²) in [7, 11) is 1.68. The summed E-state index contributed by atoms with van der Waals surface area (Å²) in [5, 5.41) is 3.78. The zero-order chi connectivity index (χ0) is 21.6. The maximum atomic E-state index is 12.7. The van der Waals surface area contributed by atoms with Gasteiger partial charge in [-0.1, -0.05) is 23.4 Å². The maximum absolute atomic E-state index is 12.7. The Morgan fingerprint density at radius 3 is 2.90 bits per heavy atom. The Labute approximate surface area is 182 Å². The van der Waals surface area contributed by atoms with Crippen molar-refractivity contribution in [2.24, 2.45) is 0 Å². The molecule has 1 atom stereocenters. The highest BCUT2D eigenvalue weighted by molar-refractivity contribution is 5.76. The summed E-state index contributed by atoms with van der Waals surface area (Å²) in [6, 6.07) is 12.3. The van der Waals surface area contributed by atoms with Crippen LogP contribution >= 0.6 is 0 Å². The highest BCUT2D eigenvalue weighted by Crippen LogP contribution is 2.26. The second-order valence-corrected chi connectivity index (χ2v) is 8.03. The Bertz CT molecular complexity index is 1020. The molecule has 4 rings (SSSR count). The Balaban J connectivity index is 1.33. The summed E-state index contributed by atoms with van der Waals surface area (Å²) in [5.41, 5.74) is 3.41. The number of aromatic nitrogens is 3. The highest BCUT2D eigenvalue weighted by atomic mass is 16.5. The lowest BCUT2D eigenvalue weighted by Gasteiger charge is -2.32. The van der Waals surface area contributed by atoms with E-state index in [1.54, 1.807) is 14.0 Å². The molecule has 1 aliphatic rings. The zero-order valence-corrected chi connectivity index (χ0v) is 18.1. The first kappa shape index (κ1) is 21.0. The molecule has 7 heteroatoms. The van der Waals surface area contributed by atoms with Crippen LogP contribution < -0.4 is 4.74 Å². The smallest absolute Gasteiger partial charge is 0.227 e. The molecule has 0 radical (unpaired) electrons. The van der Waals surface area contributed by atoms with E-state index in [1.807, 2.05) is 29.3 Å². The van der Waals surface area contributed by atoms with Crippen LogP contribution in [0.1, 0.15) is 53.7 Å². The van der Waals surface area contributed by atoms with Crippen molar-refractivity contribution in [1.29, 1.82) is 0 Å². The third-order valence-corrected chi connectivity index (χ3v) is 5.70. The fourth-order valence-corrected chi connectivity index (χ4v) is 4.06. The van der Waals surface area contributed by atoms with Gasteiger partial charge in [0.1, 0.15) is 5.75 Å². The first-order chi connectivity index (χ1) is 15.1. The van der Waals surface area contributed by atoms with Crippen LogP contribution in [0, 0.1) is 6.92 Å². The summed E-state index contributed by atoms with van der Waals surface area (Å²) in [5.74, 6) is 2.39. The van der Waals surface area contributed by atoms with Crippen molar-refractivity contribution in [2.45, 2.75) is 44.9 Å². The van der Waals surface area contributed by atoms with Crippen molar-refractivity contribution in [3.8, 4) is 5.75 Å². The molecule has 1 aliphatic heterocycles. The number of aryl methyl sites for hydroxylation is 2. The number of methoxy groups -OCH3 is 1. The van der Waals surface area contributed by atoms with Gasteiger partial charge in [0.15, 0.2) is 5.82 Å². The van der Waals surface area contributed by atoms with Gasteiger partial charge in [-0.25, -0.2) is 0 Å². The van der Waals surface area contributed by atoms with Crippen molar-refractivity contribution < 1.29 is 14.1 Å². The summed E-state index contributed by atoms with van der Waals surface area (Å²) in [6.07, 6.45) is 5.68. The number of benzene rings is 1. The minimum atomic E-state index is 0.134. The number of ether oxygens (including phenoxy) is 1. The van der Waals surface area contributed by atoms with E-state index in [1.165, 1.54) is 5.56 Å². The Morgan fingerprint density at radius 1 is 1.26 bits per heavy atom. The third-order valence-electron chi connectivity index (χ3n) is 5.70. The van der Waals surface area contributed by atoms with Crippen molar-refractivity contribution in [1.82, 2.24) is 20.0 Å². The molecule has 31 heavy (non-hydrogen) atoms. The molecule has 7 nitrogen and oxygen atoms in total. The molecule has 0 bridgehead atoms. The topological polar surface area (TPSA) is 81.4 Å². The van der Waals surface area contributed by atoms with Gasteiger partial charge in [-0.15, -0.1) is 0 Å². The normalized spacial score (nSPS) is 16.3. The van der Waals surface area contributed by atoms with Crippen molar-refractivity contribution >= 4 is 5.91 Å². The van der Waals surface area contributed by atoms with Crippen LogP contribution in [0.25, 0.3) is 0 Å². The van der Waals surface area contributed by atoms with Gasteiger partial charge < -0.3 is 14.2 Å². The van der Waals surface area contributed by atoms with E-state index in [9.17, 15) is 4.79 Å². The van der Waals surface area contributed by atoms with Crippen LogP contribution in [0.2, 0.25) is 0 Å². The van der Waals surface area contributed by atoms with Crippen LogP contribution in [-0.4, -0.2) is 46.1 Å². The van der Waals surface area contributed by atoms with Crippen LogP contribution in [0.3, 0.4) is 0 Å². The fourth-order valence-electron chi connectivity index (χ4n) is 4.06. The number of hydrogen-bond donors (Lipinski definition) is 0. The van der Waals surface area contributed by atoms with Crippen molar-refractivity contribution in [3.63, 3.8) is 0 Å². The fraction of sp³-hybridized carbons (Fsp3) is 0.417. The SMILES string of the molecule is COc1cccc(Cc2ccc([C@H]3CCCN(C(=O)CCc4nc(C)no4)C3)nc2)c1. The molecule has 0 spiro atoms. The third kappa shape index (κ3) is 5.48. The summed E-state index contributed by atoms with van der Waals surface area (Å²) >= 11 is 0. The van der Waals surface area contributed by atoms with Gasteiger partial charge in [0.2, 0.25) is 11.8 Å². The van der Waals surface area contributed by atoms with Crippen LogP contribution in [0.4, 0.5) is 0 Å². The number of hydrogen-bond acceptors (Lipinski definition) is 6. The molecular weight excluding hydrogens is 392 g/mol. The molecule has 0 N–H and O–H groups in total. The van der Waals surface area contributed by atoms with Gasteiger partial charge >= 0.3 is 0 Å². The number of amides is 1. The number of nitrogens with zero attached hydrogens (tertiary/aromatic N) is 4. The van der Waals surface area contributed by atoms with Gasteiger partial charge in [0, 0.05) is 43.7 Å². The average molecular weight is 421 g/mol. The predicted octanol–water partition coefficient (Wildman–Crippen LogP) is 3.71. The van der Waals surface area contributed by atoms with Gasteiger partial charge in [-0.05, 0) is 55.5 Å². The lowest BCUT2D eigenvalue weighted by atomic mass is 9.93. The largest absolute Gasteiger partial charge is 0.497 e. The zero-order valence-electron chi connectivity index (χ0n) is 18.1. The summed E-state index contributed by atoms with van der Waals surface area (Å²) in [6.45, 7) is 3.29. The molecule has 0 saturated carbocycles. The van der Waals surface area contributed by atoms with E-state index in [4.69, 9.17) is 14.2 Å². The number of likely N-dealkylation sites (tertiary alicyclic amines) is 1. The van der Waals surface area contributed by atoms with Crippen LogP contribution in [-0.2, 0) is 17.6 Å². The van der Waals surface area contributed by atoms with Crippen molar-refractivity contribution in [2.75, 3.05) is 20.2 Å². The molecule has 1 aromatic carbocycles. The molecule has 3 aromatic rings. The molecule has 162 valence electrons. The Hall–Kier alpha value is -3.22. The molecule has 3 heterocycles. The average Bonchev–Trinajstić information content (AvgIpc) is 3.23. The van der Waals surface area contributed by atoms with Crippen molar-refractivity contribution in [3.05, 3.63) is 71.1 Å². The molecule has 1 fully saturated rings. The predicted molar refractivity (Wildman–Crippen MR) is 116 cm³/mol. The number of piperidine rings is 1. The molecule has 1 saturated heterocycles. The van der Waals surface area contributed by atoms with Gasteiger partial charge in [-0.3, -0.25) is 9.78 Å². The molecular formula is C24H28N4O3. The highest BCUT2D eigenvalue weighted by Gasteiger charge is 2.25. The number of pyridine rings is 1. The Morgan fingerprint density at radius 2 is 2.16 bits per heavy atom. The quantitative estimate of drug-likeness (QED) is 0.580. The van der Waals surface area contributed by atoms with Gasteiger partial charge in [0.05, 0.1) is 7.11 Å². The van der Waals surface area contributed by atoms with E-state index in [-0.39, 0.29) is 11.8 Å². The van der Waals surface area contributed by atoms with Gasteiger partial charge in [-0.2, -0.15) is 4.98 Å². The maximum Gasteiger partial charge on any atom is 0.227 e. The monoisotopic (exact) mass is 420 g/mol. The number of rotatable bonds is 7. The molecule has 2 aromatic heterocycles. The first-order valence-electron chi connectivity index (χ1n) is 10.8. The molecule has 1 amide bonds. The lowest BCUT2D eigenvalue weighted by Crippen LogP contribution is -2.39. The summed E-state index contributed by atoms with van der Waals surface area (Å²) < 4.78 is 10.4. The van der Waals surface area contributed by atoms with Crippen LogP contribution in [0.5, 0.6) is 5.75 Å². The standard InChI is InChI=1S/C24H28N4O3/c1-17-26-23(31-27-17)10-11-24(29)28-12-4-6-20(16-28)22-9-8-19(15-25-22)13-18-5-3-7-21(14-18)30-2/h3,5,7-9,14-15,20H,4,6,10-13,16H2,1-2H3/t20-/m0/s1. The number of carbonyl (C=O) groups is 1. The molecule has 0 unspecified atom stereocenters. The van der Waals surface area contributed by atoms with E-state index >= 15 is 0 Å².